The monoisotopic (exact) mass is 365 g/mol. The Kier molecular flexibility index (Phi) is 21.5. The van der Waals surface area contributed by atoms with Gasteiger partial charge in [0, 0.05) is 11.2 Å². The summed E-state index contributed by atoms with van der Waals surface area (Å²) in [5, 5.41) is 9.89. The molecule has 3 nitrogen and oxygen atoms in total. The van der Waals surface area contributed by atoms with E-state index in [0.29, 0.717) is 16.9 Å². The Morgan fingerprint density at radius 3 is 2.24 bits per heavy atom. The maximum Gasteiger partial charge on any atom is 1.00 e. The van der Waals surface area contributed by atoms with Gasteiger partial charge in [-0.05, 0) is 19.1 Å². The van der Waals surface area contributed by atoms with Crippen LogP contribution in [0.5, 0.6) is 0 Å². The van der Waals surface area contributed by atoms with Crippen molar-refractivity contribution in [3.63, 3.8) is 0 Å². The van der Waals surface area contributed by atoms with Crippen LogP contribution in [0.1, 0.15) is 9.84 Å². The molecule has 1 aromatic rings. The van der Waals surface area contributed by atoms with E-state index >= 15 is 0 Å². The van der Waals surface area contributed by atoms with Gasteiger partial charge in [-0.3, -0.25) is 0 Å². The van der Waals surface area contributed by atoms with Gasteiger partial charge in [0.2, 0.25) is 0 Å². The van der Waals surface area contributed by atoms with Crippen molar-refractivity contribution in [2.45, 2.75) is 11.8 Å². The number of aryl methyl sites for hydroxylation is 1. The number of hydrogen-bond acceptors (Lipinski definition) is 5. The molecule has 0 aliphatic carbocycles. The van der Waals surface area contributed by atoms with Crippen LogP contribution in [0, 0.1) is 17.6 Å². The molecule has 1 unspecified atom stereocenters. The molecule has 9 heteroatoms. The SMILES string of the molecule is Cc1ccc(S(=O)(=S)OSC#N)cc1.[H-].[H-].[H-].[K+].[K+].[K+]. The largest absolute Gasteiger partial charge is 1.00 e. The summed E-state index contributed by atoms with van der Waals surface area (Å²) < 4.78 is 16.4. The van der Waals surface area contributed by atoms with Crippen molar-refractivity contribution in [3.8, 4) is 5.40 Å². The predicted octanol–water partition coefficient (Wildman–Crippen LogP) is -6.49. The average Bonchev–Trinajstić information content (AvgIpc) is 2.16. The standard InChI is InChI=1S/C8H7NO2S3.3K.3H/c1-7-2-4-8(5-3-7)14(10,12)11-13-6-9;;;;;;/h2-5H,1H3;;;;;;/q;3*+1;3*-1. The number of nitriles is 1. The predicted molar refractivity (Wildman–Crippen MR) is 62.6 cm³/mol. The Bertz CT molecular complexity index is 468. The molecule has 0 fully saturated rings. The summed E-state index contributed by atoms with van der Waals surface area (Å²) >= 11 is 5.19. The van der Waals surface area contributed by atoms with E-state index < -0.39 is 8.77 Å². The molecule has 1 aromatic carbocycles. The molecule has 0 N–H and O–H groups in total. The van der Waals surface area contributed by atoms with Gasteiger partial charge in [-0.1, -0.05) is 17.7 Å². The third kappa shape index (κ3) is 10.6. The van der Waals surface area contributed by atoms with Crippen LogP contribution in [0.4, 0.5) is 0 Å². The van der Waals surface area contributed by atoms with E-state index in [1.165, 1.54) is 0 Å². The maximum atomic E-state index is 11.7. The topological polar surface area (TPSA) is 50.1 Å². The van der Waals surface area contributed by atoms with Crippen LogP contribution in [0.3, 0.4) is 0 Å². The summed E-state index contributed by atoms with van der Waals surface area (Å²) in [6, 6.07) is 6.87. The minimum absolute atomic E-state index is 0. The van der Waals surface area contributed by atoms with E-state index in [-0.39, 0.29) is 158 Å². The minimum atomic E-state index is -2.97. The second-order valence-electron chi connectivity index (χ2n) is 2.51. The van der Waals surface area contributed by atoms with Gasteiger partial charge in [0.05, 0.1) is 4.90 Å². The number of rotatable bonds is 3. The zero-order chi connectivity index (χ0) is 10.6. The summed E-state index contributed by atoms with van der Waals surface area (Å²) in [6.07, 6.45) is 0. The second kappa shape index (κ2) is 13.9. The average molecular weight is 366 g/mol. The molecule has 0 aliphatic heterocycles. The summed E-state index contributed by atoms with van der Waals surface area (Å²) in [4.78, 5) is 0.417. The number of benzene rings is 1. The number of nitrogens with zero attached hydrogens (tertiary/aromatic N) is 1. The summed E-state index contributed by atoms with van der Waals surface area (Å²) in [5.74, 6) is 0. The first-order valence-corrected chi connectivity index (χ1v) is 6.77. The van der Waals surface area contributed by atoms with Crippen LogP contribution in [0.2, 0.25) is 0 Å². The van der Waals surface area contributed by atoms with Crippen molar-refractivity contribution in [1.29, 1.82) is 5.26 Å². The number of thiocyanates is 1. The van der Waals surface area contributed by atoms with Crippen LogP contribution in [-0.2, 0) is 23.6 Å². The molecule has 0 spiro atoms. The third-order valence-electron chi connectivity index (χ3n) is 1.47. The van der Waals surface area contributed by atoms with E-state index in [1.807, 2.05) is 6.92 Å². The van der Waals surface area contributed by atoms with Crippen LogP contribution in [0.15, 0.2) is 29.2 Å². The molecule has 0 bridgehead atoms. The molecule has 0 saturated heterocycles. The fourth-order valence-electron chi connectivity index (χ4n) is 0.804. The van der Waals surface area contributed by atoms with Gasteiger partial charge in [0.25, 0.3) is 0 Å². The zero-order valence-corrected chi connectivity index (χ0v) is 22.1. The molecular weight excluding hydrogens is 356 g/mol. The number of hydrogen-bond donors (Lipinski definition) is 0. The molecule has 80 valence electrons. The van der Waals surface area contributed by atoms with Crippen molar-refractivity contribution >= 4 is 32.0 Å². The quantitative estimate of drug-likeness (QED) is 0.303. The van der Waals surface area contributed by atoms with Crippen molar-refractivity contribution in [3.05, 3.63) is 29.8 Å². The Labute approximate surface area is 243 Å². The smallest absolute Gasteiger partial charge is 1.00 e. The molecule has 17 heavy (non-hydrogen) atoms. The molecule has 0 heterocycles. The van der Waals surface area contributed by atoms with E-state index in [2.05, 4.69) is 0 Å². The minimum Gasteiger partial charge on any atom is -1.00 e. The van der Waals surface area contributed by atoms with Gasteiger partial charge in [-0.25, -0.2) is 4.21 Å². The second-order valence-corrected chi connectivity index (χ2v) is 6.10. The van der Waals surface area contributed by atoms with Crippen LogP contribution >= 0.6 is 12.0 Å². The van der Waals surface area contributed by atoms with Crippen LogP contribution in [-0.4, -0.2) is 4.21 Å². The van der Waals surface area contributed by atoms with Crippen molar-refractivity contribution < 1.29 is 166 Å². The first-order chi connectivity index (χ1) is 6.56. The molecular formula is C8H10K3NO2S3. The molecule has 1 atom stereocenters. The van der Waals surface area contributed by atoms with Gasteiger partial charge in [0.15, 0.2) is 14.2 Å². The Morgan fingerprint density at radius 1 is 1.35 bits per heavy atom. The van der Waals surface area contributed by atoms with E-state index in [4.69, 9.17) is 20.1 Å². The van der Waals surface area contributed by atoms with Gasteiger partial charge in [-0.15, -0.1) is 0 Å². The normalized spacial score (nSPS) is 11.8. The van der Waals surface area contributed by atoms with Crippen molar-refractivity contribution in [2.75, 3.05) is 0 Å². The molecule has 0 amide bonds. The van der Waals surface area contributed by atoms with Gasteiger partial charge >= 0.3 is 154 Å². The van der Waals surface area contributed by atoms with Gasteiger partial charge in [-0.2, -0.15) is 8.89 Å². The Morgan fingerprint density at radius 2 is 1.82 bits per heavy atom. The Balaban J connectivity index is -0.0000000817. The molecule has 1 rings (SSSR count). The van der Waals surface area contributed by atoms with Crippen molar-refractivity contribution in [1.82, 2.24) is 0 Å². The van der Waals surface area contributed by atoms with Crippen LogP contribution < -0.4 is 154 Å². The zero-order valence-electron chi connectivity index (χ0n) is 13.3. The van der Waals surface area contributed by atoms with E-state index in [1.54, 1.807) is 29.7 Å². The first kappa shape index (κ1) is 26.2. The van der Waals surface area contributed by atoms with Gasteiger partial charge in [0.1, 0.15) is 12.0 Å². The maximum absolute atomic E-state index is 11.7. The molecule has 0 aromatic heterocycles. The molecule has 0 aliphatic rings. The van der Waals surface area contributed by atoms with Crippen LogP contribution in [0.25, 0.3) is 0 Å². The third-order valence-corrected chi connectivity index (χ3v) is 4.46. The van der Waals surface area contributed by atoms with E-state index in [0.717, 1.165) is 5.56 Å². The summed E-state index contributed by atoms with van der Waals surface area (Å²) in [6.45, 7) is 1.92. The fraction of sp³-hybridized carbons (Fsp3) is 0.125. The van der Waals surface area contributed by atoms with Gasteiger partial charge < -0.3 is 4.28 Å². The van der Waals surface area contributed by atoms with Crippen molar-refractivity contribution in [2.24, 2.45) is 0 Å². The molecule has 0 radical (unpaired) electrons. The summed E-state index contributed by atoms with van der Waals surface area (Å²) in [7, 11) is -2.97. The fourth-order valence-corrected chi connectivity index (χ4v) is 2.65. The summed E-state index contributed by atoms with van der Waals surface area (Å²) in [5.41, 5.74) is 1.05. The molecule has 0 saturated carbocycles. The first-order valence-electron chi connectivity index (χ1n) is 3.62. The van der Waals surface area contributed by atoms with E-state index in [9.17, 15) is 4.21 Å². The Hall–Kier alpha value is 4.30.